The average molecular weight is 266 g/mol. The van der Waals surface area contributed by atoms with Gasteiger partial charge in [0.15, 0.2) is 0 Å². The first kappa shape index (κ1) is 12.7. The number of carbonyl (C=O) groups excluding carboxylic acids is 1. The Labute approximate surface area is 119 Å². The maximum Gasteiger partial charge on any atom is 0.224 e. The zero-order valence-corrected chi connectivity index (χ0v) is 11.6. The van der Waals surface area contributed by atoms with Gasteiger partial charge >= 0.3 is 0 Å². The SMILES string of the molecule is Cc1cccc(CNc2ccc3c(c2)CCC(=O)N3)c1. The standard InChI is InChI=1S/C17H18N2O/c1-12-3-2-4-13(9-12)11-18-15-6-7-16-14(10-15)5-8-17(20)19-16/h2-4,6-7,9-10,18H,5,8,11H2,1H3,(H,19,20). The number of hydrogen-bond acceptors (Lipinski definition) is 2. The van der Waals surface area contributed by atoms with Gasteiger partial charge in [-0.15, -0.1) is 0 Å². The van der Waals surface area contributed by atoms with Gasteiger partial charge in [-0.05, 0) is 42.7 Å². The fourth-order valence-electron chi connectivity index (χ4n) is 2.52. The summed E-state index contributed by atoms with van der Waals surface area (Å²) < 4.78 is 0. The maximum atomic E-state index is 11.3. The van der Waals surface area contributed by atoms with Crippen molar-refractivity contribution < 1.29 is 4.79 Å². The largest absolute Gasteiger partial charge is 0.381 e. The highest BCUT2D eigenvalue weighted by Gasteiger charge is 2.14. The number of benzene rings is 2. The second kappa shape index (κ2) is 5.37. The second-order valence-electron chi connectivity index (χ2n) is 5.26. The van der Waals surface area contributed by atoms with Crippen LogP contribution in [0, 0.1) is 6.92 Å². The molecule has 102 valence electrons. The van der Waals surface area contributed by atoms with E-state index < -0.39 is 0 Å². The third kappa shape index (κ3) is 2.82. The molecule has 0 radical (unpaired) electrons. The van der Waals surface area contributed by atoms with Crippen molar-refractivity contribution in [1.29, 1.82) is 0 Å². The van der Waals surface area contributed by atoms with Gasteiger partial charge in [0.05, 0.1) is 0 Å². The van der Waals surface area contributed by atoms with Crippen LogP contribution in [0.15, 0.2) is 42.5 Å². The molecule has 3 rings (SSSR count). The minimum atomic E-state index is 0.109. The lowest BCUT2D eigenvalue weighted by atomic mass is 10.0. The maximum absolute atomic E-state index is 11.3. The Balaban J connectivity index is 1.71. The average Bonchev–Trinajstić information content (AvgIpc) is 2.45. The zero-order valence-electron chi connectivity index (χ0n) is 11.6. The third-order valence-electron chi connectivity index (χ3n) is 3.58. The molecule has 0 saturated heterocycles. The van der Waals surface area contributed by atoms with Gasteiger partial charge < -0.3 is 10.6 Å². The number of rotatable bonds is 3. The molecule has 20 heavy (non-hydrogen) atoms. The van der Waals surface area contributed by atoms with E-state index in [4.69, 9.17) is 0 Å². The molecule has 0 fully saturated rings. The third-order valence-corrected chi connectivity index (χ3v) is 3.58. The van der Waals surface area contributed by atoms with Crippen molar-refractivity contribution in [3.63, 3.8) is 0 Å². The summed E-state index contributed by atoms with van der Waals surface area (Å²) in [5, 5.41) is 6.34. The molecule has 3 nitrogen and oxygen atoms in total. The van der Waals surface area contributed by atoms with Crippen LogP contribution in [0.1, 0.15) is 23.1 Å². The molecule has 2 aromatic rings. The number of anilines is 2. The molecule has 1 aliphatic rings. The van der Waals surface area contributed by atoms with E-state index in [0.29, 0.717) is 6.42 Å². The van der Waals surface area contributed by atoms with Crippen LogP contribution < -0.4 is 10.6 Å². The van der Waals surface area contributed by atoms with Gasteiger partial charge in [0, 0.05) is 24.3 Å². The number of aryl methyl sites for hydroxylation is 2. The number of hydrogen-bond donors (Lipinski definition) is 2. The molecule has 0 unspecified atom stereocenters. The molecule has 1 amide bonds. The summed E-state index contributed by atoms with van der Waals surface area (Å²) in [6.45, 7) is 2.91. The van der Waals surface area contributed by atoms with Gasteiger partial charge in [0.1, 0.15) is 0 Å². The fourth-order valence-corrected chi connectivity index (χ4v) is 2.52. The van der Waals surface area contributed by atoms with E-state index >= 15 is 0 Å². The summed E-state index contributed by atoms with van der Waals surface area (Å²) in [5.41, 5.74) is 5.80. The topological polar surface area (TPSA) is 41.1 Å². The number of fused-ring (bicyclic) bond motifs is 1. The summed E-state index contributed by atoms with van der Waals surface area (Å²) in [4.78, 5) is 11.3. The van der Waals surface area contributed by atoms with Gasteiger partial charge in [-0.3, -0.25) is 4.79 Å². The van der Waals surface area contributed by atoms with E-state index in [9.17, 15) is 4.79 Å². The molecule has 0 aromatic heterocycles. The van der Waals surface area contributed by atoms with Gasteiger partial charge in [0.25, 0.3) is 0 Å². The predicted molar refractivity (Wildman–Crippen MR) is 81.9 cm³/mol. The Bertz CT molecular complexity index is 649. The Hall–Kier alpha value is -2.29. The molecule has 0 bridgehead atoms. The molecule has 1 heterocycles. The Morgan fingerprint density at radius 2 is 2.05 bits per heavy atom. The van der Waals surface area contributed by atoms with E-state index in [1.54, 1.807) is 0 Å². The van der Waals surface area contributed by atoms with E-state index in [2.05, 4.69) is 47.9 Å². The molecule has 2 N–H and O–H groups in total. The van der Waals surface area contributed by atoms with E-state index in [1.165, 1.54) is 16.7 Å². The van der Waals surface area contributed by atoms with Crippen molar-refractivity contribution in [1.82, 2.24) is 0 Å². The van der Waals surface area contributed by atoms with Crippen molar-refractivity contribution in [3.05, 3.63) is 59.2 Å². The highest BCUT2D eigenvalue weighted by molar-refractivity contribution is 5.94. The summed E-state index contributed by atoms with van der Waals surface area (Å²) in [7, 11) is 0. The van der Waals surface area contributed by atoms with Crippen LogP contribution in [-0.4, -0.2) is 5.91 Å². The molecule has 0 atom stereocenters. The van der Waals surface area contributed by atoms with Crippen molar-refractivity contribution in [2.75, 3.05) is 10.6 Å². The second-order valence-corrected chi connectivity index (χ2v) is 5.26. The fraction of sp³-hybridized carbons (Fsp3) is 0.235. The monoisotopic (exact) mass is 266 g/mol. The minimum absolute atomic E-state index is 0.109. The molecule has 1 aliphatic heterocycles. The van der Waals surface area contributed by atoms with Crippen molar-refractivity contribution in [3.8, 4) is 0 Å². The highest BCUT2D eigenvalue weighted by atomic mass is 16.1. The van der Waals surface area contributed by atoms with Gasteiger partial charge in [0.2, 0.25) is 5.91 Å². The van der Waals surface area contributed by atoms with Crippen molar-refractivity contribution in [2.24, 2.45) is 0 Å². The molecule has 0 saturated carbocycles. The lowest BCUT2D eigenvalue weighted by molar-refractivity contribution is -0.116. The van der Waals surface area contributed by atoms with Gasteiger partial charge in [-0.1, -0.05) is 29.8 Å². The van der Waals surface area contributed by atoms with E-state index in [-0.39, 0.29) is 5.91 Å². The molecular weight excluding hydrogens is 248 g/mol. The number of carbonyl (C=O) groups is 1. The first-order chi connectivity index (χ1) is 9.70. The smallest absolute Gasteiger partial charge is 0.224 e. The van der Waals surface area contributed by atoms with Crippen LogP contribution in [0.5, 0.6) is 0 Å². The zero-order chi connectivity index (χ0) is 13.9. The lowest BCUT2D eigenvalue weighted by Gasteiger charge is -2.18. The molecule has 0 spiro atoms. The Kier molecular flexibility index (Phi) is 3.42. The van der Waals surface area contributed by atoms with E-state index in [1.807, 2.05) is 12.1 Å². The summed E-state index contributed by atoms with van der Waals surface area (Å²) in [5.74, 6) is 0.109. The van der Waals surface area contributed by atoms with Crippen LogP contribution >= 0.6 is 0 Å². The Morgan fingerprint density at radius 1 is 1.15 bits per heavy atom. The summed E-state index contributed by atoms with van der Waals surface area (Å²) in [6.07, 6.45) is 1.40. The van der Waals surface area contributed by atoms with Crippen LogP contribution in [0.25, 0.3) is 0 Å². The van der Waals surface area contributed by atoms with Gasteiger partial charge in [-0.25, -0.2) is 0 Å². The van der Waals surface area contributed by atoms with Crippen LogP contribution in [-0.2, 0) is 17.8 Å². The van der Waals surface area contributed by atoms with Crippen molar-refractivity contribution >= 4 is 17.3 Å². The molecule has 2 aromatic carbocycles. The lowest BCUT2D eigenvalue weighted by Crippen LogP contribution is -2.18. The Morgan fingerprint density at radius 3 is 2.90 bits per heavy atom. The first-order valence-corrected chi connectivity index (χ1v) is 6.93. The highest BCUT2D eigenvalue weighted by Crippen LogP contribution is 2.25. The predicted octanol–water partition coefficient (Wildman–Crippen LogP) is 3.49. The molecule has 3 heteroatoms. The summed E-state index contributed by atoms with van der Waals surface area (Å²) in [6, 6.07) is 14.6. The summed E-state index contributed by atoms with van der Waals surface area (Å²) >= 11 is 0. The van der Waals surface area contributed by atoms with E-state index in [0.717, 1.165) is 24.3 Å². The van der Waals surface area contributed by atoms with Crippen LogP contribution in [0.4, 0.5) is 11.4 Å². The number of nitrogens with one attached hydrogen (secondary N) is 2. The molecule has 0 aliphatic carbocycles. The van der Waals surface area contributed by atoms with Gasteiger partial charge in [-0.2, -0.15) is 0 Å². The minimum Gasteiger partial charge on any atom is -0.381 e. The number of amides is 1. The molecular formula is C17H18N2O. The van der Waals surface area contributed by atoms with Crippen LogP contribution in [0.3, 0.4) is 0 Å². The van der Waals surface area contributed by atoms with Crippen LogP contribution in [0.2, 0.25) is 0 Å². The quantitative estimate of drug-likeness (QED) is 0.892. The normalized spacial score (nSPS) is 13.6. The van der Waals surface area contributed by atoms with Crippen molar-refractivity contribution in [2.45, 2.75) is 26.3 Å². The first-order valence-electron chi connectivity index (χ1n) is 6.93.